The van der Waals surface area contributed by atoms with E-state index < -0.39 is 31.9 Å². The van der Waals surface area contributed by atoms with Crippen LogP contribution in [0.4, 0.5) is 5.82 Å². The van der Waals surface area contributed by atoms with E-state index in [0.717, 1.165) is 0 Å². The molecule has 1 saturated heterocycles. The van der Waals surface area contributed by atoms with Crippen LogP contribution in [0.15, 0.2) is 17.1 Å². The molecule has 1 fully saturated rings. The first kappa shape index (κ1) is 20.7. The van der Waals surface area contributed by atoms with Crippen molar-refractivity contribution >= 4 is 35.2 Å². The van der Waals surface area contributed by atoms with E-state index in [4.69, 9.17) is 25.0 Å². The van der Waals surface area contributed by atoms with Crippen molar-refractivity contribution in [1.82, 2.24) is 9.55 Å². The highest BCUT2D eigenvalue weighted by atomic mass is 33.1. The molecule has 0 aromatic carbocycles. The predicted octanol–water partition coefficient (Wildman–Crippen LogP) is 0.965. The summed E-state index contributed by atoms with van der Waals surface area (Å²) in [7, 11) is -1.62. The quantitative estimate of drug-likeness (QED) is 0.318. The van der Waals surface area contributed by atoms with Gasteiger partial charge in [-0.3, -0.25) is 9.09 Å². The van der Waals surface area contributed by atoms with Crippen LogP contribution < -0.4 is 11.4 Å². The third-order valence-corrected chi connectivity index (χ3v) is 5.80. The van der Waals surface area contributed by atoms with Gasteiger partial charge in [0.05, 0.1) is 12.7 Å². The maximum absolute atomic E-state index is 12.0. The van der Waals surface area contributed by atoms with Crippen molar-refractivity contribution in [1.29, 1.82) is 0 Å². The fraction of sp³-hybridized carbons (Fsp3) is 0.667. The average Bonchev–Trinajstić information content (AvgIpc) is 2.87. The highest BCUT2D eigenvalue weighted by Gasteiger charge is 2.39. The number of nitrogen functional groups attached to an aromatic ring is 1. The molecule has 4 atom stereocenters. The molecule has 0 spiro atoms. The zero-order valence-electron chi connectivity index (χ0n) is 13.5. The lowest BCUT2D eigenvalue weighted by molar-refractivity contribution is -0.0634. The fourth-order valence-corrected chi connectivity index (χ4v) is 4.13. The summed E-state index contributed by atoms with van der Waals surface area (Å²) in [5.74, 6) is 0.0958. The van der Waals surface area contributed by atoms with Crippen molar-refractivity contribution in [3.8, 4) is 0 Å². The second-order valence-corrected chi connectivity index (χ2v) is 9.20. The van der Waals surface area contributed by atoms with Crippen LogP contribution >= 0.6 is 29.4 Å². The summed E-state index contributed by atoms with van der Waals surface area (Å²) in [6, 6.07) is 1.46. The minimum atomic E-state index is -4.64. The van der Waals surface area contributed by atoms with Gasteiger partial charge in [0.2, 0.25) is 0 Å². The second kappa shape index (κ2) is 8.87. The van der Waals surface area contributed by atoms with Crippen LogP contribution in [0.2, 0.25) is 0 Å². The minimum absolute atomic E-state index is 0.0958. The molecule has 1 unspecified atom stereocenters. The first-order valence-electron chi connectivity index (χ1n) is 7.24. The maximum atomic E-state index is 12.0. The lowest BCUT2D eigenvalue weighted by Gasteiger charge is -2.22. The van der Waals surface area contributed by atoms with Gasteiger partial charge in [-0.1, -0.05) is 21.6 Å². The predicted molar refractivity (Wildman–Crippen MR) is 94.9 cm³/mol. The molecule has 1 aliphatic rings. The summed E-state index contributed by atoms with van der Waals surface area (Å²) in [5, 5.41) is 0. The number of nitrogens with two attached hydrogens (primary N) is 1. The summed E-state index contributed by atoms with van der Waals surface area (Å²) in [5.41, 5.74) is 4.72. The molecule has 1 aliphatic heterocycles. The number of rotatable bonds is 8. The molecule has 0 amide bonds. The number of phosphoric ester groups is 1. The van der Waals surface area contributed by atoms with Crippen LogP contribution in [0.25, 0.3) is 0 Å². The number of anilines is 1. The van der Waals surface area contributed by atoms with Crippen molar-refractivity contribution in [3.05, 3.63) is 22.7 Å². The molecule has 2 heterocycles. The molecule has 0 aliphatic carbocycles. The van der Waals surface area contributed by atoms with Crippen molar-refractivity contribution in [2.75, 3.05) is 18.6 Å². The Hall–Kier alpha value is -0.590. The Kier molecular flexibility index (Phi) is 7.35. The molecule has 10 nitrogen and oxygen atoms in total. The Morgan fingerprint density at radius 1 is 1.60 bits per heavy atom. The van der Waals surface area contributed by atoms with Crippen LogP contribution in [0, 0.1) is 0 Å². The summed E-state index contributed by atoms with van der Waals surface area (Å²) >= 11 is 0. The molecular weight excluding hydrogens is 393 g/mol. The summed E-state index contributed by atoms with van der Waals surface area (Å²) in [6.07, 6.45) is 1.73. The van der Waals surface area contributed by atoms with E-state index in [9.17, 15) is 9.36 Å². The zero-order valence-corrected chi connectivity index (χ0v) is 16.1. The van der Waals surface area contributed by atoms with E-state index in [1.807, 2.05) is 13.2 Å². The second-order valence-electron chi connectivity index (χ2n) is 5.20. The normalized spacial score (nSPS) is 25.2. The first-order valence-corrected chi connectivity index (χ1v) is 11.4. The van der Waals surface area contributed by atoms with Gasteiger partial charge in [0.15, 0.2) is 0 Å². The van der Waals surface area contributed by atoms with E-state index in [1.54, 1.807) is 0 Å². The number of hydrogen-bond donors (Lipinski definition) is 3. The van der Waals surface area contributed by atoms with Crippen LogP contribution in [0.3, 0.4) is 0 Å². The van der Waals surface area contributed by atoms with Crippen LogP contribution in [-0.2, 0) is 18.6 Å². The Morgan fingerprint density at radius 2 is 2.32 bits per heavy atom. The van der Waals surface area contributed by atoms with Crippen LogP contribution in [0.5, 0.6) is 0 Å². The molecule has 0 radical (unpaired) electrons. The third-order valence-electron chi connectivity index (χ3n) is 3.35. The molecular formula is C12H20N3O7PS2. The highest BCUT2D eigenvalue weighted by molar-refractivity contribution is 8.76. The van der Waals surface area contributed by atoms with Gasteiger partial charge in [-0.2, -0.15) is 4.98 Å². The minimum Gasteiger partial charge on any atom is -0.383 e. The Bertz CT molecular complexity index is 685. The van der Waals surface area contributed by atoms with Crippen LogP contribution in [0.1, 0.15) is 19.6 Å². The lowest BCUT2D eigenvalue weighted by atomic mass is 10.2. The summed E-state index contributed by atoms with van der Waals surface area (Å²) < 4.78 is 28.4. The van der Waals surface area contributed by atoms with E-state index in [0.29, 0.717) is 6.42 Å². The Balaban J connectivity index is 2.13. The Labute approximate surface area is 152 Å². The van der Waals surface area contributed by atoms with Gasteiger partial charge in [-0.05, 0) is 19.2 Å². The van der Waals surface area contributed by atoms with Gasteiger partial charge in [0, 0.05) is 12.6 Å². The number of phosphoric acid groups is 1. The van der Waals surface area contributed by atoms with E-state index >= 15 is 0 Å². The molecule has 1 aromatic rings. The molecule has 25 heavy (non-hydrogen) atoms. The van der Waals surface area contributed by atoms with Gasteiger partial charge < -0.3 is 25.0 Å². The number of hydrogen-bond acceptors (Lipinski definition) is 9. The van der Waals surface area contributed by atoms with E-state index in [1.165, 1.54) is 38.4 Å². The highest BCUT2D eigenvalue weighted by Crippen LogP contribution is 2.39. The molecule has 2 rings (SSSR count). The Morgan fingerprint density at radius 3 is 2.92 bits per heavy atom. The average molecular weight is 413 g/mol. The monoisotopic (exact) mass is 413 g/mol. The van der Waals surface area contributed by atoms with Crippen molar-refractivity contribution in [3.63, 3.8) is 0 Å². The number of ether oxygens (including phenoxy) is 2. The van der Waals surface area contributed by atoms with Gasteiger partial charge in [0.25, 0.3) is 0 Å². The lowest BCUT2D eigenvalue weighted by Crippen LogP contribution is -2.30. The number of nitrogens with zero attached hydrogens (tertiary/aromatic N) is 2. The van der Waals surface area contributed by atoms with Crippen molar-refractivity contribution < 1.29 is 28.3 Å². The summed E-state index contributed by atoms with van der Waals surface area (Å²) in [4.78, 5) is 33.4. The van der Waals surface area contributed by atoms with E-state index in [2.05, 4.69) is 9.51 Å². The third kappa shape index (κ3) is 6.26. The standard InChI is InChI=1S/C12H20N3O7PS2/c1-7(25-24-2)21-8-5-11(15-4-3-10(13)14-12(15)16)22-9(8)6-20-23(17,18)19/h3-4,7-9,11H,5-6H2,1-2H3,(H2,13,14,16)(H2,17,18,19)/t7-,8?,9+,11+/m0/s1. The topological polar surface area (TPSA) is 146 Å². The number of aromatic nitrogens is 2. The van der Waals surface area contributed by atoms with Gasteiger partial charge in [-0.15, -0.1) is 0 Å². The van der Waals surface area contributed by atoms with Crippen molar-refractivity contribution in [2.45, 2.75) is 37.2 Å². The van der Waals surface area contributed by atoms with Gasteiger partial charge >= 0.3 is 13.5 Å². The van der Waals surface area contributed by atoms with Crippen molar-refractivity contribution in [2.24, 2.45) is 0 Å². The SMILES string of the molecule is CSS[C@@H](C)OC1C[C@H](n2ccc(N)nc2=O)O[C@@H]1COP(=O)(O)O. The zero-order chi connectivity index (χ0) is 18.6. The maximum Gasteiger partial charge on any atom is 0.469 e. The molecule has 13 heteroatoms. The molecule has 0 bridgehead atoms. The first-order chi connectivity index (χ1) is 11.7. The van der Waals surface area contributed by atoms with E-state index in [-0.39, 0.29) is 17.9 Å². The smallest absolute Gasteiger partial charge is 0.383 e. The van der Waals surface area contributed by atoms with Crippen LogP contribution in [-0.4, -0.2) is 49.8 Å². The summed E-state index contributed by atoms with van der Waals surface area (Å²) in [6.45, 7) is 1.49. The molecule has 4 N–H and O–H groups in total. The molecule has 1 aromatic heterocycles. The van der Waals surface area contributed by atoms with Gasteiger partial charge in [0.1, 0.15) is 23.6 Å². The largest absolute Gasteiger partial charge is 0.469 e. The molecule has 0 saturated carbocycles. The van der Waals surface area contributed by atoms with Gasteiger partial charge in [-0.25, -0.2) is 9.36 Å². The fourth-order valence-electron chi connectivity index (χ4n) is 2.38. The molecule has 142 valence electrons.